The lowest BCUT2D eigenvalue weighted by Gasteiger charge is -2.47. The number of likely N-dealkylation sites (N-methyl/N-ethyl adjacent to an activating group) is 1. The Morgan fingerprint density at radius 3 is 2.95 bits per heavy atom. The fourth-order valence-electron chi connectivity index (χ4n) is 3.40. The number of thioether (sulfide) groups is 1. The van der Waals surface area contributed by atoms with Crippen LogP contribution in [0.15, 0.2) is 5.57 Å². The van der Waals surface area contributed by atoms with Gasteiger partial charge in [-0.25, -0.2) is 0 Å². The molecular weight excluding hydrogens is 302 g/mol. The van der Waals surface area contributed by atoms with Gasteiger partial charge in [-0.3, -0.25) is 20.0 Å². The molecule has 0 bridgehead atoms. The van der Waals surface area contributed by atoms with Gasteiger partial charge in [0.05, 0.1) is 43.5 Å². The molecule has 2 fully saturated rings. The number of quaternary nitrogens is 1. The van der Waals surface area contributed by atoms with Crippen molar-refractivity contribution < 1.29 is 9.28 Å². The van der Waals surface area contributed by atoms with Gasteiger partial charge in [-0.05, 0) is 0 Å². The zero-order valence-corrected chi connectivity index (χ0v) is 13.3. The van der Waals surface area contributed by atoms with Crippen LogP contribution >= 0.6 is 11.8 Å². The molecule has 0 saturated carbocycles. The smallest absolute Gasteiger partial charge is 0.230 e. The fraction of sp³-hybridized carbons (Fsp3) is 0.692. The van der Waals surface area contributed by atoms with Crippen LogP contribution in [0.2, 0.25) is 0 Å². The molecule has 1 amide bonds. The highest BCUT2D eigenvalue weighted by Gasteiger charge is 2.44. The maximum Gasteiger partial charge on any atom is 0.230 e. The van der Waals surface area contributed by atoms with Gasteiger partial charge in [0.1, 0.15) is 6.54 Å². The van der Waals surface area contributed by atoms with E-state index < -0.39 is 0 Å². The minimum atomic E-state index is 0.150. The second-order valence-corrected chi connectivity index (χ2v) is 7.53. The Hall–Kier alpha value is -1.45. The van der Waals surface area contributed by atoms with Gasteiger partial charge in [-0.2, -0.15) is 5.21 Å². The van der Waals surface area contributed by atoms with Crippen LogP contribution in [0.1, 0.15) is 12.2 Å². The molecule has 0 aromatic carbocycles. The quantitative estimate of drug-likeness (QED) is 0.558. The van der Waals surface area contributed by atoms with Crippen molar-refractivity contribution in [1.29, 1.82) is 0 Å². The largest absolute Gasteiger partial charge is 0.329 e. The lowest BCUT2D eigenvalue weighted by molar-refractivity contribution is -0.906. The summed E-state index contributed by atoms with van der Waals surface area (Å²) in [6.07, 6.45) is 0.610. The molecule has 3 aliphatic rings. The first-order chi connectivity index (χ1) is 10.7. The molecule has 3 aliphatic heterocycles. The van der Waals surface area contributed by atoms with Crippen molar-refractivity contribution in [1.82, 2.24) is 30.8 Å². The number of carbonyl (C=O) groups excluding carboxylic acids is 1. The summed E-state index contributed by atoms with van der Waals surface area (Å²) in [5.41, 5.74) is 2.11. The number of carbonyl (C=O) groups is 1. The molecule has 0 unspecified atom stereocenters. The van der Waals surface area contributed by atoms with Crippen LogP contribution in [0.4, 0.5) is 0 Å². The first-order valence-electron chi connectivity index (χ1n) is 7.55. The average molecular weight is 321 g/mol. The van der Waals surface area contributed by atoms with Gasteiger partial charge in [0.25, 0.3) is 0 Å². The lowest BCUT2D eigenvalue weighted by Crippen LogP contribution is -2.58. The van der Waals surface area contributed by atoms with Gasteiger partial charge in [-0.15, -0.1) is 11.8 Å². The van der Waals surface area contributed by atoms with Crippen LogP contribution in [-0.2, 0) is 4.79 Å². The van der Waals surface area contributed by atoms with Crippen molar-refractivity contribution in [2.24, 2.45) is 0 Å². The summed E-state index contributed by atoms with van der Waals surface area (Å²) in [4.78, 5) is 13.9. The molecule has 9 heteroatoms. The summed E-state index contributed by atoms with van der Waals surface area (Å²) in [5, 5.41) is 18.9. The molecule has 0 radical (unpaired) electrons. The Kier molecular flexibility index (Phi) is 3.43. The van der Waals surface area contributed by atoms with Crippen LogP contribution in [0.5, 0.6) is 0 Å². The Labute approximate surface area is 132 Å². The molecule has 1 atom stereocenters. The normalized spacial score (nSPS) is 27.6. The number of tetrazole rings is 1. The van der Waals surface area contributed by atoms with Crippen LogP contribution in [-0.4, -0.2) is 81.7 Å². The van der Waals surface area contributed by atoms with Crippen molar-refractivity contribution in [2.75, 3.05) is 45.5 Å². The van der Waals surface area contributed by atoms with Crippen molar-refractivity contribution in [3.05, 3.63) is 11.4 Å². The van der Waals surface area contributed by atoms with E-state index in [1.807, 2.05) is 16.7 Å². The minimum absolute atomic E-state index is 0.150. The molecular formula is C13H19N7OS. The molecule has 1 aromatic heterocycles. The second-order valence-electron chi connectivity index (χ2n) is 6.36. The highest BCUT2D eigenvalue weighted by Crippen LogP contribution is 2.43. The van der Waals surface area contributed by atoms with E-state index in [4.69, 9.17) is 0 Å². The Bertz CT molecular complexity index is 608. The van der Waals surface area contributed by atoms with Crippen LogP contribution in [0.25, 0.3) is 5.70 Å². The highest BCUT2D eigenvalue weighted by atomic mass is 32.2. The molecule has 118 valence electrons. The molecule has 22 heavy (non-hydrogen) atoms. The third kappa shape index (κ3) is 2.33. The van der Waals surface area contributed by atoms with Gasteiger partial charge < -0.3 is 14.9 Å². The fourth-order valence-corrected chi connectivity index (χ4v) is 4.66. The number of rotatable bonds is 3. The molecule has 0 aliphatic carbocycles. The van der Waals surface area contributed by atoms with E-state index >= 15 is 0 Å². The van der Waals surface area contributed by atoms with Crippen molar-refractivity contribution in [2.45, 2.75) is 11.8 Å². The maximum atomic E-state index is 12.1. The van der Waals surface area contributed by atoms with E-state index in [-0.39, 0.29) is 11.3 Å². The van der Waals surface area contributed by atoms with E-state index in [1.54, 1.807) is 0 Å². The van der Waals surface area contributed by atoms with Crippen molar-refractivity contribution in [3.63, 3.8) is 0 Å². The Morgan fingerprint density at radius 1 is 1.45 bits per heavy atom. The molecule has 1 aromatic rings. The van der Waals surface area contributed by atoms with Gasteiger partial charge in [0.15, 0.2) is 0 Å². The van der Waals surface area contributed by atoms with E-state index in [1.165, 1.54) is 5.57 Å². The van der Waals surface area contributed by atoms with E-state index in [0.29, 0.717) is 12.2 Å². The highest BCUT2D eigenvalue weighted by molar-refractivity contribution is 8.00. The minimum Gasteiger partial charge on any atom is -0.329 e. The number of fused-ring (bicyclic) bond motifs is 1. The number of piperazine rings is 1. The van der Waals surface area contributed by atoms with Crippen molar-refractivity contribution >= 4 is 23.4 Å². The molecule has 1 N–H and O–H groups in total. The number of nitrogens with one attached hydrogen (secondary N) is 1. The SMILES string of the molecule is C[N+]1(CC2=C(c3nnn[n-]3)N3C(=O)C[C@H]3SC2)CCNCC1. The molecule has 2 saturated heterocycles. The summed E-state index contributed by atoms with van der Waals surface area (Å²) in [7, 11) is 2.28. The monoisotopic (exact) mass is 321 g/mol. The molecule has 0 spiro atoms. The number of β-lactam (4-membered cyclic amide) rings is 1. The predicted octanol–water partition coefficient (Wildman–Crippen LogP) is -1.11. The van der Waals surface area contributed by atoms with Gasteiger partial charge in [-0.1, -0.05) is 0 Å². The van der Waals surface area contributed by atoms with Crippen LogP contribution < -0.4 is 10.4 Å². The second kappa shape index (κ2) is 5.32. The lowest BCUT2D eigenvalue weighted by atomic mass is 10.1. The first-order valence-corrected chi connectivity index (χ1v) is 8.60. The number of aromatic nitrogens is 4. The summed E-state index contributed by atoms with van der Waals surface area (Å²) in [5.74, 6) is 1.58. The van der Waals surface area contributed by atoms with E-state index in [0.717, 1.165) is 48.7 Å². The summed E-state index contributed by atoms with van der Waals surface area (Å²) < 4.78 is 0.987. The number of hydrogen-bond donors (Lipinski definition) is 1. The zero-order chi connectivity index (χ0) is 15.2. The van der Waals surface area contributed by atoms with Crippen LogP contribution in [0.3, 0.4) is 0 Å². The number of hydrogen-bond acceptors (Lipinski definition) is 6. The summed E-state index contributed by atoms with van der Waals surface area (Å²) >= 11 is 1.84. The number of nitrogens with zero attached hydrogens (tertiary/aromatic N) is 6. The molecule has 4 rings (SSSR count). The van der Waals surface area contributed by atoms with E-state index in [9.17, 15) is 4.79 Å². The third-order valence-corrected chi connectivity index (χ3v) is 5.97. The number of amides is 1. The summed E-state index contributed by atoms with van der Waals surface area (Å²) in [6.45, 7) is 5.18. The molecule has 4 heterocycles. The zero-order valence-electron chi connectivity index (χ0n) is 12.5. The van der Waals surface area contributed by atoms with E-state index in [2.05, 4.69) is 33.0 Å². The topological polar surface area (TPSA) is 85.1 Å². The third-order valence-electron chi connectivity index (χ3n) is 4.69. The first kappa shape index (κ1) is 14.2. The van der Waals surface area contributed by atoms with Gasteiger partial charge >= 0.3 is 0 Å². The summed E-state index contributed by atoms with van der Waals surface area (Å²) in [6, 6.07) is 0. The Balaban J connectivity index is 1.69. The Morgan fingerprint density at radius 2 is 2.27 bits per heavy atom. The van der Waals surface area contributed by atoms with Gasteiger partial charge in [0.2, 0.25) is 5.91 Å². The maximum absolute atomic E-state index is 12.1. The van der Waals surface area contributed by atoms with Gasteiger partial charge in [0, 0.05) is 24.4 Å². The predicted molar refractivity (Wildman–Crippen MR) is 81.4 cm³/mol. The standard InChI is InChI=1S/C13H19N7OS/c1-20(4-2-14-3-5-20)7-9-8-22-11-6-10(21)19(11)12(9)13-15-17-18-16-13/h11,14H,2-8H2,1H3/t11-/m1/s1. The van der Waals surface area contributed by atoms with Crippen LogP contribution in [0, 0.1) is 0 Å². The van der Waals surface area contributed by atoms with Crippen molar-refractivity contribution in [3.8, 4) is 0 Å². The molecule has 8 nitrogen and oxygen atoms in total. The average Bonchev–Trinajstić information content (AvgIpc) is 3.02.